The zero-order chi connectivity index (χ0) is 14.5. The Labute approximate surface area is 133 Å². The molecule has 20 heavy (non-hydrogen) atoms. The van der Waals surface area contributed by atoms with Crippen LogP contribution in [0.15, 0.2) is 51.8 Å². The standard InChI is InChI=1S/C16H18BrNOS/c1-11(12-4-6-16(20-3)7-5-12)18-14-8-13(17)9-15(10-14)19-2/h4-11,18H,1-3H3. The van der Waals surface area contributed by atoms with Crippen LogP contribution in [-0.4, -0.2) is 13.4 Å². The predicted octanol–water partition coefficient (Wildman–Crippen LogP) is 5.35. The average Bonchev–Trinajstić information content (AvgIpc) is 2.46. The number of nitrogens with one attached hydrogen (secondary N) is 1. The summed E-state index contributed by atoms with van der Waals surface area (Å²) in [6.45, 7) is 2.15. The Hall–Kier alpha value is -1.13. The molecule has 0 saturated carbocycles. The van der Waals surface area contributed by atoms with Gasteiger partial charge in [-0.3, -0.25) is 0 Å². The summed E-state index contributed by atoms with van der Waals surface area (Å²) in [6, 6.07) is 14.9. The molecule has 2 aromatic rings. The molecule has 1 N–H and O–H groups in total. The fourth-order valence-corrected chi connectivity index (χ4v) is 2.87. The van der Waals surface area contributed by atoms with Crippen LogP contribution in [0.1, 0.15) is 18.5 Å². The van der Waals surface area contributed by atoms with Crippen molar-refractivity contribution < 1.29 is 4.74 Å². The number of ether oxygens (including phenoxy) is 1. The van der Waals surface area contributed by atoms with E-state index in [0.29, 0.717) is 0 Å². The largest absolute Gasteiger partial charge is 0.497 e. The smallest absolute Gasteiger partial charge is 0.122 e. The van der Waals surface area contributed by atoms with Crippen LogP contribution >= 0.6 is 27.7 Å². The number of rotatable bonds is 5. The first kappa shape index (κ1) is 15.3. The van der Waals surface area contributed by atoms with Crippen LogP contribution in [-0.2, 0) is 0 Å². The van der Waals surface area contributed by atoms with E-state index >= 15 is 0 Å². The normalized spacial score (nSPS) is 12.0. The van der Waals surface area contributed by atoms with E-state index in [1.165, 1.54) is 10.5 Å². The maximum absolute atomic E-state index is 5.28. The SMILES string of the molecule is COc1cc(Br)cc(NC(C)c2ccc(SC)cc2)c1. The zero-order valence-electron chi connectivity index (χ0n) is 11.8. The van der Waals surface area contributed by atoms with E-state index in [4.69, 9.17) is 4.74 Å². The first-order valence-electron chi connectivity index (χ1n) is 6.37. The summed E-state index contributed by atoms with van der Waals surface area (Å²) in [4.78, 5) is 1.28. The lowest BCUT2D eigenvalue weighted by Gasteiger charge is -2.17. The summed E-state index contributed by atoms with van der Waals surface area (Å²) < 4.78 is 6.28. The van der Waals surface area contributed by atoms with Crippen LogP contribution in [0.25, 0.3) is 0 Å². The van der Waals surface area contributed by atoms with Crippen LogP contribution in [0.4, 0.5) is 5.69 Å². The van der Waals surface area contributed by atoms with Crippen molar-refractivity contribution >= 4 is 33.4 Å². The van der Waals surface area contributed by atoms with E-state index in [-0.39, 0.29) is 6.04 Å². The van der Waals surface area contributed by atoms with Crippen molar-refractivity contribution in [3.63, 3.8) is 0 Å². The summed E-state index contributed by atoms with van der Waals surface area (Å²) in [5, 5.41) is 3.49. The molecule has 1 atom stereocenters. The third kappa shape index (κ3) is 3.93. The highest BCUT2D eigenvalue weighted by atomic mass is 79.9. The first-order chi connectivity index (χ1) is 9.62. The van der Waals surface area contributed by atoms with Gasteiger partial charge in [0.1, 0.15) is 5.75 Å². The van der Waals surface area contributed by atoms with Crippen molar-refractivity contribution in [2.45, 2.75) is 17.9 Å². The molecule has 0 aliphatic carbocycles. The number of hydrogen-bond acceptors (Lipinski definition) is 3. The molecule has 0 fully saturated rings. The Morgan fingerprint density at radius 1 is 1.15 bits per heavy atom. The molecule has 0 aromatic heterocycles. The molecule has 2 aromatic carbocycles. The Morgan fingerprint density at radius 2 is 1.85 bits per heavy atom. The Bertz CT molecular complexity index is 571. The molecule has 0 amide bonds. The van der Waals surface area contributed by atoms with Gasteiger partial charge in [0.2, 0.25) is 0 Å². The van der Waals surface area contributed by atoms with Gasteiger partial charge in [-0.25, -0.2) is 0 Å². The fraction of sp³-hybridized carbons (Fsp3) is 0.250. The lowest BCUT2D eigenvalue weighted by molar-refractivity contribution is 0.414. The van der Waals surface area contributed by atoms with Crippen molar-refractivity contribution in [2.75, 3.05) is 18.7 Å². The number of benzene rings is 2. The molecular formula is C16H18BrNOS. The fourth-order valence-electron chi connectivity index (χ4n) is 1.99. The van der Waals surface area contributed by atoms with E-state index in [1.807, 2.05) is 12.1 Å². The number of thioether (sulfide) groups is 1. The molecule has 106 valence electrons. The first-order valence-corrected chi connectivity index (χ1v) is 8.39. The predicted molar refractivity (Wildman–Crippen MR) is 91.0 cm³/mol. The lowest BCUT2D eigenvalue weighted by Crippen LogP contribution is -2.06. The molecule has 0 spiro atoms. The third-order valence-electron chi connectivity index (χ3n) is 3.11. The van der Waals surface area contributed by atoms with Gasteiger partial charge >= 0.3 is 0 Å². The van der Waals surface area contributed by atoms with Gasteiger partial charge in [0.25, 0.3) is 0 Å². The van der Waals surface area contributed by atoms with Crippen molar-refractivity contribution in [3.8, 4) is 5.75 Å². The Kier molecular flexibility index (Phi) is 5.38. The van der Waals surface area contributed by atoms with Gasteiger partial charge in [0.15, 0.2) is 0 Å². The van der Waals surface area contributed by atoms with Crippen LogP contribution in [0, 0.1) is 0 Å². The van der Waals surface area contributed by atoms with Crippen molar-refractivity contribution in [2.24, 2.45) is 0 Å². The summed E-state index contributed by atoms with van der Waals surface area (Å²) in [7, 11) is 1.68. The Morgan fingerprint density at radius 3 is 2.45 bits per heavy atom. The number of hydrogen-bond donors (Lipinski definition) is 1. The van der Waals surface area contributed by atoms with E-state index in [9.17, 15) is 0 Å². The summed E-state index contributed by atoms with van der Waals surface area (Å²) in [5.41, 5.74) is 2.31. The molecule has 1 unspecified atom stereocenters. The minimum absolute atomic E-state index is 0.241. The minimum atomic E-state index is 0.241. The average molecular weight is 352 g/mol. The molecule has 2 rings (SSSR count). The highest BCUT2D eigenvalue weighted by Gasteiger charge is 2.07. The van der Waals surface area contributed by atoms with Crippen LogP contribution in [0.5, 0.6) is 5.75 Å². The van der Waals surface area contributed by atoms with E-state index in [1.54, 1.807) is 18.9 Å². The van der Waals surface area contributed by atoms with Crippen molar-refractivity contribution in [3.05, 3.63) is 52.5 Å². The second-order valence-corrected chi connectivity index (χ2v) is 6.31. The monoisotopic (exact) mass is 351 g/mol. The molecule has 0 saturated heterocycles. The van der Waals surface area contributed by atoms with Crippen LogP contribution in [0.3, 0.4) is 0 Å². The van der Waals surface area contributed by atoms with E-state index < -0.39 is 0 Å². The van der Waals surface area contributed by atoms with Crippen molar-refractivity contribution in [1.29, 1.82) is 0 Å². The third-order valence-corrected chi connectivity index (χ3v) is 4.31. The number of halogens is 1. The maximum atomic E-state index is 5.28. The molecule has 2 nitrogen and oxygen atoms in total. The highest BCUT2D eigenvalue weighted by Crippen LogP contribution is 2.28. The van der Waals surface area contributed by atoms with E-state index in [2.05, 4.69) is 64.8 Å². The van der Waals surface area contributed by atoms with Gasteiger partial charge in [0.05, 0.1) is 7.11 Å². The Balaban J connectivity index is 2.13. The molecular weight excluding hydrogens is 334 g/mol. The zero-order valence-corrected chi connectivity index (χ0v) is 14.2. The molecule has 0 aliphatic rings. The molecule has 0 heterocycles. The molecule has 0 aliphatic heterocycles. The summed E-state index contributed by atoms with van der Waals surface area (Å²) in [5.74, 6) is 0.840. The highest BCUT2D eigenvalue weighted by molar-refractivity contribution is 9.10. The number of methoxy groups -OCH3 is 1. The quantitative estimate of drug-likeness (QED) is 0.733. The van der Waals surface area contributed by atoms with Crippen LogP contribution in [0.2, 0.25) is 0 Å². The maximum Gasteiger partial charge on any atom is 0.122 e. The van der Waals surface area contributed by atoms with Gasteiger partial charge < -0.3 is 10.1 Å². The second kappa shape index (κ2) is 7.04. The van der Waals surface area contributed by atoms with Crippen molar-refractivity contribution in [1.82, 2.24) is 0 Å². The van der Waals surface area contributed by atoms with Gasteiger partial charge in [-0.15, -0.1) is 11.8 Å². The van der Waals surface area contributed by atoms with E-state index in [0.717, 1.165) is 15.9 Å². The minimum Gasteiger partial charge on any atom is -0.497 e. The summed E-state index contributed by atoms with van der Waals surface area (Å²) >= 11 is 5.25. The second-order valence-electron chi connectivity index (χ2n) is 4.52. The van der Waals surface area contributed by atoms with Gasteiger partial charge in [-0.05, 0) is 43.0 Å². The topological polar surface area (TPSA) is 21.3 Å². The lowest BCUT2D eigenvalue weighted by atomic mass is 10.1. The molecule has 0 bridgehead atoms. The molecule has 0 radical (unpaired) electrons. The van der Waals surface area contributed by atoms with Crippen LogP contribution < -0.4 is 10.1 Å². The number of anilines is 1. The van der Waals surface area contributed by atoms with Gasteiger partial charge in [-0.1, -0.05) is 28.1 Å². The molecule has 4 heteroatoms. The van der Waals surface area contributed by atoms with Gasteiger partial charge in [-0.2, -0.15) is 0 Å². The summed E-state index contributed by atoms with van der Waals surface area (Å²) in [6.07, 6.45) is 2.09. The van der Waals surface area contributed by atoms with Gasteiger partial charge in [0, 0.05) is 27.2 Å².